The molecule has 4 N–H and O–H groups in total. The number of nitro benzene ring substituents is 1. The summed E-state index contributed by atoms with van der Waals surface area (Å²) in [5, 5.41) is 21.3. The van der Waals surface area contributed by atoms with E-state index in [1.165, 1.54) is 12.1 Å². The van der Waals surface area contributed by atoms with Crippen molar-refractivity contribution in [2.24, 2.45) is 11.7 Å². The van der Waals surface area contributed by atoms with Crippen molar-refractivity contribution >= 4 is 5.69 Å². The van der Waals surface area contributed by atoms with Crippen LogP contribution >= 0.6 is 0 Å². The van der Waals surface area contributed by atoms with E-state index in [1.54, 1.807) is 12.1 Å². The molecule has 1 fully saturated rings. The minimum absolute atomic E-state index is 0.0184. The second-order valence-corrected chi connectivity index (χ2v) is 8.44. The van der Waals surface area contributed by atoms with Crippen LogP contribution in [0.25, 0.3) is 0 Å². The number of allylic oxidation sites excluding steroid dienone is 1. The number of hydrazine groups is 1. The highest BCUT2D eigenvalue weighted by Crippen LogP contribution is 2.47. The Hall–Kier alpha value is -4.39. The van der Waals surface area contributed by atoms with Crippen LogP contribution in [-0.4, -0.2) is 11.2 Å². The summed E-state index contributed by atoms with van der Waals surface area (Å²) < 4.78 is 11.7. The molecule has 0 aliphatic carbocycles. The summed E-state index contributed by atoms with van der Waals surface area (Å²) in [6.45, 7) is 0.465. The maximum Gasteiger partial charge on any atom is 0.269 e. The zero-order chi connectivity index (χ0) is 24.4. The number of non-ortho nitro benzene ring substituents is 1. The zero-order valence-electron chi connectivity index (χ0n) is 18.6. The van der Waals surface area contributed by atoms with Gasteiger partial charge in [-0.1, -0.05) is 54.6 Å². The normalized spacial score (nSPS) is 23.2. The Kier molecular flexibility index (Phi) is 6.06. The number of rotatable bonds is 6. The third kappa shape index (κ3) is 4.40. The van der Waals surface area contributed by atoms with E-state index >= 15 is 0 Å². The first-order valence-corrected chi connectivity index (χ1v) is 11.1. The van der Waals surface area contributed by atoms with Crippen LogP contribution in [0.5, 0.6) is 5.75 Å². The SMILES string of the molecule is N#CC1=C(N)OC2NNC(c3ccc(OCc4ccccc4)cc3)C2C1c1cccc([N+](=O)[O-])c1. The maximum absolute atomic E-state index is 11.4. The Bertz CT molecular complexity index is 1300. The molecule has 2 aliphatic rings. The average Bonchev–Trinajstić information content (AvgIpc) is 3.30. The molecule has 4 atom stereocenters. The number of nitrogens with zero attached hydrogens (tertiary/aromatic N) is 2. The Balaban J connectivity index is 1.43. The van der Waals surface area contributed by atoms with Crippen LogP contribution in [0.15, 0.2) is 90.3 Å². The van der Waals surface area contributed by atoms with E-state index in [9.17, 15) is 15.4 Å². The van der Waals surface area contributed by atoms with Crippen LogP contribution in [0.1, 0.15) is 28.7 Å². The highest BCUT2D eigenvalue weighted by Gasteiger charge is 2.49. The molecule has 9 heteroatoms. The van der Waals surface area contributed by atoms with Gasteiger partial charge in [-0.05, 0) is 28.8 Å². The molecule has 1 saturated heterocycles. The van der Waals surface area contributed by atoms with Gasteiger partial charge >= 0.3 is 0 Å². The number of nitrogens with two attached hydrogens (primary N) is 1. The third-order valence-electron chi connectivity index (χ3n) is 6.38. The van der Waals surface area contributed by atoms with Crippen molar-refractivity contribution in [3.63, 3.8) is 0 Å². The topological polar surface area (TPSA) is 135 Å². The van der Waals surface area contributed by atoms with Gasteiger partial charge in [0.25, 0.3) is 5.69 Å². The van der Waals surface area contributed by atoms with Gasteiger partial charge < -0.3 is 15.2 Å². The molecule has 9 nitrogen and oxygen atoms in total. The second-order valence-electron chi connectivity index (χ2n) is 8.44. The number of fused-ring (bicyclic) bond motifs is 1. The Morgan fingerprint density at radius 3 is 2.51 bits per heavy atom. The number of benzene rings is 3. The summed E-state index contributed by atoms with van der Waals surface area (Å²) in [4.78, 5) is 10.9. The quantitative estimate of drug-likeness (QED) is 0.367. The lowest BCUT2D eigenvalue weighted by Gasteiger charge is -2.35. The van der Waals surface area contributed by atoms with Gasteiger partial charge in [0.2, 0.25) is 5.88 Å². The van der Waals surface area contributed by atoms with Crippen molar-refractivity contribution in [2.75, 3.05) is 0 Å². The van der Waals surface area contributed by atoms with Crippen LogP contribution < -0.4 is 21.3 Å². The van der Waals surface area contributed by atoms with Gasteiger partial charge in [0.1, 0.15) is 18.4 Å². The minimum atomic E-state index is -0.518. The Morgan fingerprint density at radius 1 is 1.03 bits per heavy atom. The van der Waals surface area contributed by atoms with Gasteiger partial charge in [-0.25, -0.2) is 10.9 Å². The molecule has 4 unspecified atom stereocenters. The first kappa shape index (κ1) is 22.4. The molecular weight excluding hydrogens is 446 g/mol. The van der Waals surface area contributed by atoms with Gasteiger partial charge in [0, 0.05) is 24.0 Å². The van der Waals surface area contributed by atoms with Crippen molar-refractivity contribution in [2.45, 2.75) is 24.8 Å². The Labute approximate surface area is 201 Å². The van der Waals surface area contributed by atoms with E-state index in [2.05, 4.69) is 16.9 Å². The number of nitro groups is 1. The summed E-state index contributed by atoms with van der Waals surface area (Å²) in [5.41, 5.74) is 15.3. The van der Waals surface area contributed by atoms with E-state index in [-0.39, 0.29) is 29.1 Å². The van der Waals surface area contributed by atoms with E-state index in [0.29, 0.717) is 12.2 Å². The maximum atomic E-state index is 11.4. The molecular formula is C26H23N5O4. The van der Waals surface area contributed by atoms with Crippen LogP contribution in [0.3, 0.4) is 0 Å². The molecule has 176 valence electrons. The molecule has 0 spiro atoms. The van der Waals surface area contributed by atoms with E-state index in [1.807, 2.05) is 54.6 Å². The summed E-state index contributed by atoms with van der Waals surface area (Å²) in [7, 11) is 0. The van der Waals surface area contributed by atoms with Crippen LogP contribution in [-0.2, 0) is 11.3 Å². The largest absolute Gasteiger partial charge is 0.489 e. The predicted molar refractivity (Wildman–Crippen MR) is 127 cm³/mol. The zero-order valence-corrected chi connectivity index (χ0v) is 18.6. The van der Waals surface area contributed by atoms with E-state index < -0.39 is 17.1 Å². The fourth-order valence-electron chi connectivity index (χ4n) is 4.72. The summed E-state index contributed by atoms with van der Waals surface area (Å²) >= 11 is 0. The molecule has 0 saturated carbocycles. The van der Waals surface area contributed by atoms with Crippen LogP contribution in [0, 0.1) is 27.4 Å². The molecule has 35 heavy (non-hydrogen) atoms. The molecule has 0 amide bonds. The lowest BCUT2D eigenvalue weighted by Crippen LogP contribution is -2.41. The van der Waals surface area contributed by atoms with Gasteiger partial charge in [-0.15, -0.1) is 0 Å². The monoisotopic (exact) mass is 469 g/mol. The van der Waals surface area contributed by atoms with Crippen LogP contribution in [0.2, 0.25) is 0 Å². The van der Waals surface area contributed by atoms with Crippen molar-refractivity contribution < 1.29 is 14.4 Å². The summed E-state index contributed by atoms with van der Waals surface area (Å²) in [6, 6.07) is 25.9. The molecule has 3 aromatic rings. The molecule has 5 rings (SSSR count). The fourth-order valence-corrected chi connectivity index (χ4v) is 4.72. The Morgan fingerprint density at radius 2 is 1.80 bits per heavy atom. The van der Waals surface area contributed by atoms with Gasteiger partial charge in [-0.3, -0.25) is 10.1 Å². The van der Waals surface area contributed by atoms with Crippen LogP contribution in [0.4, 0.5) is 5.69 Å². The smallest absolute Gasteiger partial charge is 0.269 e. The average molecular weight is 470 g/mol. The molecule has 2 heterocycles. The fraction of sp³-hybridized carbons (Fsp3) is 0.192. The minimum Gasteiger partial charge on any atom is -0.489 e. The number of nitriles is 1. The molecule has 0 aromatic heterocycles. The number of hydrogen-bond donors (Lipinski definition) is 3. The van der Waals surface area contributed by atoms with Crippen molar-refractivity contribution in [1.29, 1.82) is 5.26 Å². The number of hydrogen-bond acceptors (Lipinski definition) is 8. The first-order valence-electron chi connectivity index (χ1n) is 11.1. The number of nitrogens with one attached hydrogen (secondary N) is 2. The standard InChI is InChI=1S/C26H23N5O4/c27-14-21-22(18-7-4-8-19(13-18)31(32)33)23-24(29-30-26(23)35-25(21)28)17-9-11-20(12-10-17)34-15-16-5-2-1-3-6-16/h1-13,22-24,26,29-30H,15,28H2. The highest BCUT2D eigenvalue weighted by atomic mass is 16.6. The van der Waals surface area contributed by atoms with E-state index in [0.717, 1.165) is 16.9 Å². The molecule has 0 radical (unpaired) electrons. The third-order valence-corrected chi connectivity index (χ3v) is 6.38. The second kappa shape index (κ2) is 9.46. The highest BCUT2D eigenvalue weighted by molar-refractivity contribution is 5.46. The first-order chi connectivity index (χ1) is 17.0. The van der Waals surface area contributed by atoms with Crippen molar-refractivity contribution in [3.05, 3.63) is 117 Å². The lowest BCUT2D eigenvalue weighted by molar-refractivity contribution is -0.384. The van der Waals surface area contributed by atoms with E-state index in [4.69, 9.17) is 15.2 Å². The predicted octanol–water partition coefficient (Wildman–Crippen LogP) is 3.77. The van der Waals surface area contributed by atoms with Crippen molar-refractivity contribution in [1.82, 2.24) is 10.9 Å². The van der Waals surface area contributed by atoms with Gasteiger partial charge in [0.15, 0.2) is 6.23 Å². The molecule has 2 aliphatic heterocycles. The summed E-state index contributed by atoms with van der Waals surface area (Å²) in [6.07, 6.45) is -0.518. The van der Waals surface area contributed by atoms with Gasteiger partial charge in [-0.2, -0.15) is 5.26 Å². The summed E-state index contributed by atoms with van der Waals surface area (Å²) in [5.74, 6) is -0.0304. The lowest BCUT2D eigenvalue weighted by atomic mass is 9.74. The van der Waals surface area contributed by atoms with Crippen molar-refractivity contribution in [3.8, 4) is 11.8 Å². The van der Waals surface area contributed by atoms with Gasteiger partial charge in [0.05, 0.1) is 16.5 Å². The molecule has 0 bridgehead atoms. The molecule has 3 aromatic carbocycles. The number of ether oxygens (including phenoxy) is 2.